The van der Waals surface area contributed by atoms with Crippen LogP contribution in [0.2, 0.25) is 0 Å². The molecule has 2 aromatic carbocycles. The molecule has 0 spiro atoms. The minimum Gasteiger partial charge on any atom is -0.0795 e. The van der Waals surface area contributed by atoms with E-state index in [0.29, 0.717) is 0 Å². The topological polar surface area (TPSA) is 0 Å². The van der Waals surface area contributed by atoms with Gasteiger partial charge in [-0.3, -0.25) is 0 Å². The van der Waals surface area contributed by atoms with Gasteiger partial charge in [0.2, 0.25) is 0 Å². The first-order chi connectivity index (χ1) is 11.9. The van der Waals surface area contributed by atoms with Crippen LogP contribution in [-0.4, -0.2) is 0 Å². The van der Waals surface area contributed by atoms with E-state index in [-0.39, 0.29) is 0 Å². The van der Waals surface area contributed by atoms with E-state index < -0.39 is 0 Å². The molecular weight excluding hydrogens is 288 g/mol. The van der Waals surface area contributed by atoms with Crippen LogP contribution in [0.15, 0.2) is 48.6 Å². The molecule has 0 heteroatoms. The molecule has 132 valence electrons. The number of rotatable bonds is 0. The molecular formula is C24H36. The van der Waals surface area contributed by atoms with Crippen LogP contribution in [0.3, 0.4) is 0 Å². The van der Waals surface area contributed by atoms with Gasteiger partial charge in [-0.15, -0.1) is 0 Å². The van der Waals surface area contributed by atoms with E-state index in [0.717, 1.165) is 12.8 Å². The van der Waals surface area contributed by atoms with E-state index in [9.17, 15) is 0 Å². The van der Waals surface area contributed by atoms with Gasteiger partial charge >= 0.3 is 0 Å². The summed E-state index contributed by atoms with van der Waals surface area (Å²) in [5.74, 6) is 0. The number of benzene rings is 2. The third kappa shape index (κ3) is 4.60. The molecule has 0 N–H and O–H groups in total. The van der Waals surface area contributed by atoms with Crippen LogP contribution < -0.4 is 0 Å². The smallest absolute Gasteiger partial charge is 0.00674 e. The van der Waals surface area contributed by atoms with Crippen molar-refractivity contribution in [3.05, 3.63) is 65.3 Å². The highest BCUT2D eigenvalue weighted by molar-refractivity contribution is 6.02. The molecule has 0 saturated carbocycles. The first-order valence-corrected chi connectivity index (χ1v) is 9.84. The van der Waals surface area contributed by atoms with Gasteiger partial charge in [0.15, 0.2) is 0 Å². The standard InChI is InChI=1S/C16H12.4C2H6/c1-3-11-7-9-13-5-2-6-14-10-8-12(4-1)15(11)16(13)14;4*1-2/h1-5,8-10H,6-7H2;4*1-2H3. The maximum atomic E-state index is 2.36. The Hall–Kier alpha value is -1.82. The van der Waals surface area contributed by atoms with Crippen LogP contribution in [0, 0.1) is 0 Å². The van der Waals surface area contributed by atoms with Gasteiger partial charge in [0.1, 0.15) is 0 Å². The fraction of sp³-hybridized carbons (Fsp3) is 0.417. The molecule has 0 unspecified atom stereocenters. The second-order valence-electron chi connectivity index (χ2n) is 4.59. The van der Waals surface area contributed by atoms with Crippen molar-refractivity contribution in [1.82, 2.24) is 0 Å². The lowest BCUT2D eigenvalue weighted by atomic mass is 9.82. The molecule has 2 aliphatic carbocycles. The van der Waals surface area contributed by atoms with Crippen molar-refractivity contribution in [2.45, 2.75) is 68.2 Å². The first-order valence-electron chi connectivity index (χ1n) is 9.84. The summed E-state index contributed by atoms with van der Waals surface area (Å²) < 4.78 is 0. The van der Waals surface area contributed by atoms with Gasteiger partial charge in [-0.1, -0.05) is 104 Å². The summed E-state index contributed by atoms with van der Waals surface area (Å²) in [5.41, 5.74) is 5.87. The normalized spacial score (nSPS) is 11.9. The minimum absolute atomic E-state index is 1.08. The van der Waals surface area contributed by atoms with Crippen molar-refractivity contribution in [2.75, 3.05) is 0 Å². The van der Waals surface area contributed by atoms with Crippen LogP contribution in [-0.2, 0) is 12.8 Å². The molecule has 0 heterocycles. The molecule has 0 fully saturated rings. The van der Waals surface area contributed by atoms with Gasteiger partial charge in [-0.05, 0) is 45.9 Å². The predicted molar refractivity (Wildman–Crippen MR) is 114 cm³/mol. The van der Waals surface area contributed by atoms with Gasteiger partial charge in [0, 0.05) is 0 Å². The zero-order chi connectivity index (χ0) is 18.5. The zero-order valence-electron chi connectivity index (χ0n) is 17.0. The highest BCUT2D eigenvalue weighted by Crippen LogP contribution is 2.38. The lowest BCUT2D eigenvalue weighted by Gasteiger charge is -2.22. The van der Waals surface area contributed by atoms with E-state index in [2.05, 4.69) is 48.6 Å². The number of hydrogen-bond donors (Lipinski definition) is 0. The molecule has 0 amide bonds. The quantitative estimate of drug-likeness (QED) is 0.460. The number of hydrogen-bond acceptors (Lipinski definition) is 0. The summed E-state index contributed by atoms with van der Waals surface area (Å²) in [6, 6.07) is 11.2. The molecule has 0 radical (unpaired) electrons. The monoisotopic (exact) mass is 324 g/mol. The van der Waals surface area contributed by atoms with Gasteiger partial charge in [0.05, 0.1) is 0 Å². The molecule has 0 bridgehead atoms. The summed E-state index contributed by atoms with van der Waals surface area (Å²) >= 11 is 0. The van der Waals surface area contributed by atoms with Crippen LogP contribution in [0.1, 0.15) is 72.1 Å². The molecule has 0 aromatic heterocycles. The summed E-state index contributed by atoms with van der Waals surface area (Å²) in [4.78, 5) is 0. The molecule has 0 nitrogen and oxygen atoms in total. The third-order valence-electron chi connectivity index (χ3n) is 3.68. The lowest BCUT2D eigenvalue weighted by molar-refractivity contribution is 1.20. The Morgan fingerprint density at radius 3 is 2.00 bits per heavy atom. The average Bonchev–Trinajstić information content (AvgIpc) is 2.72. The summed E-state index contributed by atoms with van der Waals surface area (Å²) in [6.07, 6.45) is 9.06. The Morgan fingerprint density at radius 1 is 0.667 bits per heavy atom. The van der Waals surface area contributed by atoms with Crippen molar-refractivity contribution in [3.8, 4) is 0 Å². The van der Waals surface area contributed by atoms with Gasteiger partial charge in [-0.2, -0.15) is 0 Å². The Morgan fingerprint density at radius 2 is 1.33 bits per heavy atom. The molecule has 0 atom stereocenters. The number of allylic oxidation sites excluding steroid dienone is 4. The second-order valence-corrected chi connectivity index (χ2v) is 4.59. The van der Waals surface area contributed by atoms with Crippen molar-refractivity contribution >= 4 is 16.3 Å². The van der Waals surface area contributed by atoms with E-state index in [1.807, 2.05) is 55.4 Å². The molecule has 0 aliphatic heterocycles. The van der Waals surface area contributed by atoms with Crippen LogP contribution >= 0.6 is 0 Å². The predicted octanol–water partition coefficient (Wildman–Crippen LogP) is 8.00. The van der Waals surface area contributed by atoms with Crippen LogP contribution in [0.5, 0.6) is 0 Å². The summed E-state index contributed by atoms with van der Waals surface area (Å²) in [6.45, 7) is 16.0. The van der Waals surface area contributed by atoms with Gasteiger partial charge in [0.25, 0.3) is 0 Å². The molecule has 4 rings (SSSR count). The largest absolute Gasteiger partial charge is 0.0795 e. The summed E-state index contributed by atoms with van der Waals surface area (Å²) in [5, 5.41) is 2.87. The van der Waals surface area contributed by atoms with Gasteiger partial charge < -0.3 is 0 Å². The molecule has 2 aliphatic rings. The van der Waals surface area contributed by atoms with Gasteiger partial charge in [-0.25, -0.2) is 0 Å². The summed E-state index contributed by atoms with van der Waals surface area (Å²) in [7, 11) is 0. The minimum atomic E-state index is 1.08. The first kappa shape index (κ1) is 22.2. The highest BCUT2D eigenvalue weighted by atomic mass is 14.2. The lowest BCUT2D eigenvalue weighted by Crippen LogP contribution is -2.04. The van der Waals surface area contributed by atoms with Crippen LogP contribution in [0.4, 0.5) is 0 Å². The second kappa shape index (κ2) is 12.6. The maximum Gasteiger partial charge on any atom is -0.00674 e. The fourth-order valence-electron chi connectivity index (χ4n) is 2.95. The van der Waals surface area contributed by atoms with Crippen LogP contribution in [0.25, 0.3) is 16.3 Å². The zero-order valence-corrected chi connectivity index (χ0v) is 17.0. The van der Waals surface area contributed by atoms with Crippen molar-refractivity contribution in [2.24, 2.45) is 0 Å². The van der Waals surface area contributed by atoms with E-state index >= 15 is 0 Å². The highest BCUT2D eigenvalue weighted by Gasteiger charge is 2.18. The SMILES string of the molecule is C1=CC2=CCc3cccc4ccc(c2c34)C1.CC.CC.CC.CC. The molecule has 24 heavy (non-hydrogen) atoms. The van der Waals surface area contributed by atoms with Crippen molar-refractivity contribution in [3.63, 3.8) is 0 Å². The van der Waals surface area contributed by atoms with Crippen molar-refractivity contribution < 1.29 is 0 Å². The van der Waals surface area contributed by atoms with E-state index in [4.69, 9.17) is 0 Å². The Bertz CT molecular complexity index is 657. The fourth-order valence-corrected chi connectivity index (χ4v) is 2.95. The van der Waals surface area contributed by atoms with E-state index in [1.54, 1.807) is 0 Å². The molecule has 2 aromatic rings. The van der Waals surface area contributed by atoms with Crippen molar-refractivity contribution in [1.29, 1.82) is 0 Å². The maximum absolute atomic E-state index is 2.36. The molecule has 0 saturated heterocycles. The third-order valence-corrected chi connectivity index (χ3v) is 3.68. The van der Waals surface area contributed by atoms with E-state index in [1.165, 1.54) is 33.0 Å². The Labute approximate surface area is 150 Å². The Balaban J connectivity index is 0.000000588. The average molecular weight is 325 g/mol. The Kier molecular flexibility index (Phi) is 11.6.